The molecule has 0 unspecified atom stereocenters. The average Bonchev–Trinajstić information content (AvgIpc) is 2.68. The first-order chi connectivity index (χ1) is 8.27. The van der Waals surface area contributed by atoms with Gasteiger partial charge in [-0.3, -0.25) is 9.55 Å². The number of H-pyrrole nitrogens is 1. The number of aromatic nitrogens is 3. The van der Waals surface area contributed by atoms with Crippen LogP contribution in [0.3, 0.4) is 0 Å². The van der Waals surface area contributed by atoms with E-state index >= 15 is 0 Å². The summed E-state index contributed by atoms with van der Waals surface area (Å²) in [6, 6.07) is 9.34. The molecule has 4 nitrogen and oxygen atoms in total. The van der Waals surface area contributed by atoms with E-state index in [1.165, 1.54) is 0 Å². The van der Waals surface area contributed by atoms with Gasteiger partial charge < -0.3 is 4.98 Å². The van der Waals surface area contributed by atoms with Gasteiger partial charge in [0.2, 0.25) is 0 Å². The molecule has 3 aromatic rings. The predicted molar refractivity (Wildman–Crippen MR) is 69.4 cm³/mol. The van der Waals surface area contributed by atoms with Gasteiger partial charge in [0.1, 0.15) is 0 Å². The number of imidazole rings is 1. The number of nitrogens with one attached hydrogen (secondary N) is 1. The maximum Gasteiger partial charge on any atom is 0.331 e. The number of halogens is 1. The molecule has 0 aliphatic carbocycles. The Hall–Kier alpha value is -1.88. The van der Waals surface area contributed by atoms with Crippen molar-refractivity contribution in [2.24, 2.45) is 0 Å². The second kappa shape index (κ2) is 3.85. The van der Waals surface area contributed by atoms with Crippen LogP contribution in [0, 0.1) is 0 Å². The second-order valence-electron chi connectivity index (χ2n) is 3.61. The van der Waals surface area contributed by atoms with Crippen LogP contribution in [0.2, 0.25) is 0 Å². The van der Waals surface area contributed by atoms with E-state index in [0.29, 0.717) is 0 Å². The fourth-order valence-corrected chi connectivity index (χ4v) is 2.29. The Morgan fingerprint density at radius 1 is 1.24 bits per heavy atom. The van der Waals surface area contributed by atoms with Gasteiger partial charge in [0.25, 0.3) is 0 Å². The first-order valence-electron chi connectivity index (χ1n) is 5.07. The average molecular weight is 290 g/mol. The molecule has 0 saturated carbocycles. The molecule has 5 heteroatoms. The molecule has 2 aromatic heterocycles. The van der Waals surface area contributed by atoms with E-state index in [2.05, 4.69) is 25.9 Å². The molecule has 0 bridgehead atoms. The van der Waals surface area contributed by atoms with Crippen LogP contribution >= 0.6 is 15.9 Å². The van der Waals surface area contributed by atoms with E-state index in [4.69, 9.17) is 0 Å². The standard InChI is InChI=1S/C12H8BrN3O/c13-9-4-1-5-10-11(9)15-12(17)16(10)8-3-2-6-14-7-8/h1-7H,(H,15,17). The molecule has 0 amide bonds. The number of fused-ring (bicyclic) bond motifs is 1. The number of rotatable bonds is 1. The third-order valence-corrected chi connectivity index (χ3v) is 3.23. The number of hydrogen-bond donors (Lipinski definition) is 1. The lowest BCUT2D eigenvalue weighted by molar-refractivity contribution is 1.00. The maximum absolute atomic E-state index is 12.0. The Balaban J connectivity index is 2.42. The molecule has 3 rings (SSSR count). The van der Waals surface area contributed by atoms with Crippen LogP contribution in [-0.4, -0.2) is 14.5 Å². The summed E-state index contributed by atoms with van der Waals surface area (Å²) in [5, 5.41) is 0. The normalized spacial score (nSPS) is 10.9. The Morgan fingerprint density at radius 2 is 2.12 bits per heavy atom. The highest BCUT2D eigenvalue weighted by molar-refractivity contribution is 9.10. The van der Waals surface area contributed by atoms with E-state index in [1.807, 2.05) is 24.3 Å². The van der Waals surface area contributed by atoms with Crippen molar-refractivity contribution in [1.29, 1.82) is 0 Å². The van der Waals surface area contributed by atoms with Gasteiger partial charge >= 0.3 is 5.69 Å². The number of nitrogens with zero attached hydrogens (tertiary/aromatic N) is 2. The highest BCUT2D eigenvalue weighted by Gasteiger charge is 2.09. The van der Waals surface area contributed by atoms with Crippen LogP contribution in [0.1, 0.15) is 0 Å². The molecule has 1 N–H and O–H groups in total. The Kier molecular flexibility index (Phi) is 2.33. The minimum absolute atomic E-state index is 0.167. The van der Waals surface area contributed by atoms with Crippen molar-refractivity contribution in [3.8, 4) is 5.69 Å². The monoisotopic (exact) mass is 289 g/mol. The quantitative estimate of drug-likeness (QED) is 0.748. The lowest BCUT2D eigenvalue weighted by Crippen LogP contribution is -2.14. The summed E-state index contributed by atoms with van der Waals surface area (Å²) >= 11 is 3.42. The molecule has 0 spiro atoms. The third-order valence-electron chi connectivity index (χ3n) is 2.57. The van der Waals surface area contributed by atoms with E-state index < -0.39 is 0 Å². The van der Waals surface area contributed by atoms with Gasteiger partial charge in [0.15, 0.2) is 0 Å². The number of para-hydroxylation sites is 1. The Labute approximate surface area is 105 Å². The topological polar surface area (TPSA) is 50.7 Å². The second-order valence-corrected chi connectivity index (χ2v) is 4.47. The van der Waals surface area contributed by atoms with Crippen LogP contribution in [0.25, 0.3) is 16.7 Å². The Bertz CT molecular complexity index is 730. The van der Waals surface area contributed by atoms with Gasteiger partial charge in [-0.05, 0) is 40.2 Å². The van der Waals surface area contributed by atoms with Gasteiger partial charge in [-0.2, -0.15) is 0 Å². The summed E-state index contributed by atoms with van der Waals surface area (Å²) in [5.74, 6) is 0. The van der Waals surface area contributed by atoms with Crippen LogP contribution in [-0.2, 0) is 0 Å². The SMILES string of the molecule is O=c1[nH]c2c(Br)cccc2n1-c1cccnc1. The summed E-state index contributed by atoms with van der Waals surface area (Å²) in [7, 11) is 0. The molecule has 84 valence electrons. The summed E-state index contributed by atoms with van der Waals surface area (Å²) in [5.41, 5.74) is 2.21. The molecule has 0 aliphatic rings. The van der Waals surface area contributed by atoms with Crippen molar-refractivity contribution in [3.63, 3.8) is 0 Å². The Morgan fingerprint density at radius 3 is 2.88 bits per heavy atom. The lowest BCUT2D eigenvalue weighted by Gasteiger charge is -2.01. The fourth-order valence-electron chi connectivity index (χ4n) is 1.84. The fraction of sp³-hybridized carbons (Fsp3) is 0. The van der Waals surface area contributed by atoms with Crippen molar-refractivity contribution in [1.82, 2.24) is 14.5 Å². The molecular weight excluding hydrogens is 282 g/mol. The summed E-state index contributed by atoms with van der Waals surface area (Å²) < 4.78 is 2.47. The lowest BCUT2D eigenvalue weighted by atomic mass is 10.3. The zero-order chi connectivity index (χ0) is 11.8. The summed E-state index contributed by atoms with van der Waals surface area (Å²) in [6.45, 7) is 0. The van der Waals surface area contributed by atoms with Crippen molar-refractivity contribution < 1.29 is 0 Å². The van der Waals surface area contributed by atoms with E-state index in [-0.39, 0.29) is 5.69 Å². The molecule has 0 atom stereocenters. The van der Waals surface area contributed by atoms with Crippen molar-refractivity contribution in [2.45, 2.75) is 0 Å². The predicted octanol–water partition coefficient (Wildman–Crippen LogP) is 2.48. The molecule has 0 fully saturated rings. The van der Waals surface area contributed by atoms with Crippen LogP contribution in [0.4, 0.5) is 0 Å². The minimum Gasteiger partial charge on any atom is -0.304 e. The van der Waals surface area contributed by atoms with E-state index in [1.54, 1.807) is 23.0 Å². The van der Waals surface area contributed by atoms with Gasteiger partial charge in [-0.25, -0.2) is 4.79 Å². The van der Waals surface area contributed by atoms with Crippen molar-refractivity contribution >= 4 is 27.0 Å². The first kappa shape index (κ1) is 10.3. The molecule has 0 radical (unpaired) electrons. The molecular formula is C12H8BrN3O. The summed E-state index contributed by atoms with van der Waals surface area (Å²) in [6.07, 6.45) is 3.34. The van der Waals surface area contributed by atoms with Crippen molar-refractivity contribution in [2.75, 3.05) is 0 Å². The highest BCUT2D eigenvalue weighted by Crippen LogP contribution is 2.22. The zero-order valence-corrected chi connectivity index (χ0v) is 10.3. The van der Waals surface area contributed by atoms with Crippen LogP contribution in [0.15, 0.2) is 52.0 Å². The number of benzene rings is 1. The van der Waals surface area contributed by atoms with Crippen LogP contribution < -0.4 is 5.69 Å². The van der Waals surface area contributed by atoms with Gasteiger partial charge in [-0.15, -0.1) is 0 Å². The molecule has 0 aliphatic heterocycles. The van der Waals surface area contributed by atoms with E-state index in [9.17, 15) is 4.79 Å². The van der Waals surface area contributed by atoms with Gasteiger partial charge in [-0.1, -0.05) is 6.07 Å². The first-order valence-corrected chi connectivity index (χ1v) is 5.86. The highest BCUT2D eigenvalue weighted by atomic mass is 79.9. The van der Waals surface area contributed by atoms with Crippen molar-refractivity contribution in [3.05, 3.63) is 57.7 Å². The number of hydrogen-bond acceptors (Lipinski definition) is 2. The third kappa shape index (κ3) is 1.59. The summed E-state index contributed by atoms with van der Waals surface area (Å²) in [4.78, 5) is 18.8. The molecule has 2 heterocycles. The smallest absolute Gasteiger partial charge is 0.304 e. The van der Waals surface area contributed by atoms with Gasteiger partial charge in [0.05, 0.1) is 22.9 Å². The van der Waals surface area contributed by atoms with Crippen LogP contribution in [0.5, 0.6) is 0 Å². The number of aromatic amines is 1. The van der Waals surface area contributed by atoms with E-state index in [0.717, 1.165) is 21.2 Å². The largest absolute Gasteiger partial charge is 0.331 e. The minimum atomic E-state index is -0.167. The molecule has 17 heavy (non-hydrogen) atoms. The van der Waals surface area contributed by atoms with Gasteiger partial charge in [0, 0.05) is 10.7 Å². The molecule has 0 saturated heterocycles. The number of pyridine rings is 1. The maximum atomic E-state index is 12.0. The molecule has 1 aromatic carbocycles. The zero-order valence-electron chi connectivity index (χ0n) is 8.72.